The highest BCUT2D eigenvalue weighted by atomic mass is 79.9. The smallest absolute Gasteiger partial charge is 0.344 e. The summed E-state index contributed by atoms with van der Waals surface area (Å²) < 4.78 is 15.6. The molecule has 0 saturated heterocycles. The quantitative estimate of drug-likeness (QED) is 0.205. The first-order valence-electron chi connectivity index (χ1n) is 11.1. The third-order valence-electron chi connectivity index (χ3n) is 6.27. The van der Waals surface area contributed by atoms with Crippen LogP contribution in [-0.4, -0.2) is 19.6 Å². The molecule has 4 heterocycles. The lowest BCUT2D eigenvalue weighted by Crippen LogP contribution is -2.22. The van der Waals surface area contributed by atoms with Gasteiger partial charge in [0.1, 0.15) is 11.9 Å². The first kappa shape index (κ1) is 21.5. The number of benzene rings is 3. The summed E-state index contributed by atoms with van der Waals surface area (Å²) in [6.07, 6.45) is 1.58. The molecule has 0 radical (unpaired) electrons. The largest absolute Gasteiger partial charge is 0.437 e. The predicted octanol–water partition coefficient (Wildman–Crippen LogP) is 6.71. The van der Waals surface area contributed by atoms with E-state index in [0.29, 0.717) is 45.2 Å². The van der Waals surface area contributed by atoms with E-state index in [-0.39, 0.29) is 0 Å². The van der Waals surface area contributed by atoms with Gasteiger partial charge in [-0.3, -0.25) is 0 Å². The van der Waals surface area contributed by atoms with Crippen molar-refractivity contribution in [3.05, 3.63) is 115 Å². The maximum atomic E-state index is 13.4. The molecule has 36 heavy (non-hydrogen) atoms. The van der Waals surface area contributed by atoms with Crippen molar-refractivity contribution in [3.8, 4) is 23.0 Å². The van der Waals surface area contributed by atoms with Crippen LogP contribution >= 0.6 is 31.9 Å². The minimum atomic E-state index is -0.518. The fourth-order valence-corrected chi connectivity index (χ4v) is 5.17. The highest BCUT2D eigenvalue weighted by Gasteiger charge is 2.37. The number of para-hydroxylation sites is 1. The van der Waals surface area contributed by atoms with Gasteiger partial charge in [0.15, 0.2) is 17.2 Å². The number of rotatable bonds is 2. The number of halogens is 2. The van der Waals surface area contributed by atoms with Gasteiger partial charge in [0, 0.05) is 14.5 Å². The Morgan fingerprint density at radius 1 is 0.861 bits per heavy atom. The van der Waals surface area contributed by atoms with Crippen molar-refractivity contribution >= 4 is 48.5 Å². The van der Waals surface area contributed by atoms with Gasteiger partial charge in [-0.1, -0.05) is 68.3 Å². The van der Waals surface area contributed by atoms with Crippen LogP contribution < -0.4 is 10.4 Å². The van der Waals surface area contributed by atoms with Crippen molar-refractivity contribution in [1.82, 2.24) is 19.6 Å². The molecule has 0 saturated carbocycles. The summed E-state index contributed by atoms with van der Waals surface area (Å²) in [6.45, 7) is 0. The molecular formula is C27H14Br2N4O3. The molecule has 1 aliphatic rings. The molecule has 0 N–H and O–H groups in total. The van der Waals surface area contributed by atoms with E-state index in [0.717, 1.165) is 20.1 Å². The van der Waals surface area contributed by atoms with Crippen molar-refractivity contribution in [2.24, 2.45) is 0 Å². The molecule has 0 bridgehead atoms. The van der Waals surface area contributed by atoms with Crippen molar-refractivity contribution < 1.29 is 9.15 Å². The monoisotopic (exact) mass is 600 g/mol. The maximum absolute atomic E-state index is 13.4. The summed E-state index contributed by atoms with van der Waals surface area (Å²) in [6, 6.07) is 22.9. The number of ether oxygens (including phenoxy) is 1. The van der Waals surface area contributed by atoms with E-state index in [1.165, 1.54) is 0 Å². The van der Waals surface area contributed by atoms with Gasteiger partial charge in [-0.2, -0.15) is 0 Å². The van der Waals surface area contributed by atoms with Gasteiger partial charge in [0.05, 0.1) is 22.4 Å². The maximum Gasteiger partial charge on any atom is 0.344 e. The van der Waals surface area contributed by atoms with Crippen LogP contribution in [0.3, 0.4) is 0 Å². The molecule has 0 spiro atoms. The molecule has 1 atom stereocenters. The van der Waals surface area contributed by atoms with Crippen molar-refractivity contribution in [2.75, 3.05) is 0 Å². The van der Waals surface area contributed by atoms with Crippen LogP contribution in [0.15, 0.2) is 97.3 Å². The van der Waals surface area contributed by atoms with Crippen LogP contribution in [-0.2, 0) is 0 Å². The molecular weight excluding hydrogens is 588 g/mol. The summed E-state index contributed by atoms with van der Waals surface area (Å²) in [5.74, 6) is 0.861. The number of hydrogen-bond acceptors (Lipinski definition) is 6. The van der Waals surface area contributed by atoms with E-state index in [2.05, 4.69) is 41.9 Å². The van der Waals surface area contributed by atoms with Gasteiger partial charge in [-0.05, 0) is 42.0 Å². The van der Waals surface area contributed by atoms with E-state index in [4.69, 9.17) is 14.1 Å². The molecule has 174 valence electrons. The summed E-state index contributed by atoms with van der Waals surface area (Å²) in [7, 11) is 0. The Labute approximate surface area is 220 Å². The number of nitrogens with zero attached hydrogens (tertiary/aromatic N) is 4. The normalized spacial score (nSPS) is 14.4. The highest BCUT2D eigenvalue weighted by Crippen LogP contribution is 2.48. The van der Waals surface area contributed by atoms with E-state index < -0.39 is 11.5 Å². The van der Waals surface area contributed by atoms with Crippen molar-refractivity contribution in [3.63, 3.8) is 0 Å². The van der Waals surface area contributed by atoms with Crippen LogP contribution in [0.2, 0.25) is 0 Å². The summed E-state index contributed by atoms with van der Waals surface area (Å²) in [4.78, 5) is 22.9. The molecule has 0 fully saturated rings. The average Bonchev–Trinajstić information content (AvgIpc) is 3.33. The van der Waals surface area contributed by atoms with E-state index in [1.54, 1.807) is 16.9 Å². The van der Waals surface area contributed by atoms with Crippen LogP contribution in [0.4, 0.5) is 0 Å². The average molecular weight is 602 g/mol. The SMILES string of the molecule is O=c1oc2ccccc2c2c1C(c1ccc(Br)cc1)c1c(ncn3nc(-c4ccc(Br)cc4)nc13)O2. The zero-order valence-corrected chi connectivity index (χ0v) is 21.5. The van der Waals surface area contributed by atoms with Gasteiger partial charge in [0.25, 0.3) is 0 Å². The molecule has 7 nitrogen and oxygen atoms in total. The summed E-state index contributed by atoms with van der Waals surface area (Å²) in [5, 5.41) is 5.36. The molecule has 3 aromatic heterocycles. The zero-order valence-electron chi connectivity index (χ0n) is 18.4. The van der Waals surface area contributed by atoms with Crippen LogP contribution in [0.1, 0.15) is 22.6 Å². The van der Waals surface area contributed by atoms with Crippen LogP contribution in [0.25, 0.3) is 28.0 Å². The van der Waals surface area contributed by atoms with Gasteiger partial charge in [-0.25, -0.2) is 19.3 Å². The standard InChI is InChI=1S/C27H14Br2N4O3/c28-16-9-5-14(6-10-16)20-21-23(18-3-1-2-4-19(18)35-27(21)34)36-26-22(20)25-31-24(32-33(25)13-30-26)15-7-11-17(29)12-8-15/h1-13,20H. The number of fused-ring (bicyclic) bond motifs is 6. The third kappa shape index (κ3) is 3.30. The van der Waals surface area contributed by atoms with E-state index >= 15 is 0 Å². The second-order valence-corrected chi connectivity index (χ2v) is 10.2. The molecule has 7 rings (SSSR count). The Balaban J connectivity index is 1.54. The topological polar surface area (TPSA) is 82.5 Å². The van der Waals surface area contributed by atoms with Gasteiger partial charge in [-0.15, -0.1) is 5.10 Å². The summed E-state index contributed by atoms with van der Waals surface area (Å²) in [5.41, 5.74) is 3.37. The lowest BCUT2D eigenvalue weighted by molar-refractivity contribution is 0.422. The molecule has 3 aromatic carbocycles. The molecule has 6 aromatic rings. The molecule has 1 unspecified atom stereocenters. The van der Waals surface area contributed by atoms with Crippen molar-refractivity contribution in [1.29, 1.82) is 0 Å². The van der Waals surface area contributed by atoms with Crippen LogP contribution in [0, 0.1) is 0 Å². The lowest BCUT2D eigenvalue weighted by atomic mass is 9.84. The highest BCUT2D eigenvalue weighted by molar-refractivity contribution is 9.10. The predicted molar refractivity (Wildman–Crippen MR) is 142 cm³/mol. The minimum absolute atomic E-state index is 0.383. The fraction of sp³-hybridized carbons (Fsp3) is 0.0370. The van der Waals surface area contributed by atoms with Gasteiger partial charge in [0.2, 0.25) is 5.88 Å². The molecule has 0 amide bonds. The Kier molecular flexibility index (Phi) is 4.83. The zero-order chi connectivity index (χ0) is 24.4. The Hall–Kier alpha value is -3.82. The molecule has 9 heteroatoms. The Morgan fingerprint density at radius 3 is 2.36 bits per heavy atom. The van der Waals surface area contributed by atoms with Crippen molar-refractivity contribution in [2.45, 2.75) is 5.92 Å². The Morgan fingerprint density at radius 2 is 1.58 bits per heavy atom. The fourth-order valence-electron chi connectivity index (χ4n) is 4.64. The van der Waals surface area contributed by atoms with Gasteiger partial charge < -0.3 is 9.15 Å². The third-order valence-corrected chi connectivity index (χ3v) is 7.32. The number of aromatic nitrogens is 4. The first-order chi connectivity index (χ1) is 17.6. The van der Waals surface area contributed by atoms with E-state index in [9.17, 15) is 4.79 Å². The molecule has 1 aliphatic heterocycles. The Bertz CT molecular complexity index is 1860. The second-order valence-electron chi connectivity index (χ2n) is 8.39. The van der Waals surface area contributed by atoms with Crippen LogP contribution in [0.5, 0.6) is 11.6 Å². The summed E-state index contributed by atoms with van der Waals surface area (Å²) >= 11 is 6.97. The lowest BCUT2D eigenvalue weighted by Gasteiger charge is -2.27. The van der Waals surface area contributed by atoms with E-state index in [1.807, 2.05) is 66.7 Å². The minimum Gasteiger partial charge on any atom is -0.437 e. The second kappa shape index (κ2) is 8.11. The number of hydrogen-bond donors (Lipinski definition) is 0. The first-order valence-corrected chi connectivity index (χ1v) is 12.7. The van der Waals surface area contributed by atoms with Gasteiger partial charge >= 0.3 is 5.63 Å². The molecule has 0 aliphatic carbocycles.